The highest BCUT2D eigenvalue weighted by molar-refractivity contribution is 7.92. The van der Waals surface area contributed by atoms with Crippen molar-refractivity contribution in [3.05, 3.63) is 81.4 Å². The van der Waals surface area contributed by atoms with E-state index in [0.717, 1.165) is 12.3 Å². The van der Waals surface area contributed by atoms with Crippen LogP contribution in [0.25, 0.3) is 0 Å². The summed E-state index contributed by atoms with van der Waals surface area (Å²) in [6.45, 7) is 0. The predicted molar refractivity (Wildman–Crippen MR) is 116 cm³/mol. The van der Waals surface area contributed by atoms with Gasteiger partial charge in [0.05, 0.1) is 21.7 Å². The lowest BCUT2D eigenvalue weighted by Crippen LogP contribution is -2.13. The van der Waals surface area contributed by atoms with Crippen molar-refractivity contribution in [2.45, 2.75) is 4.90 Å². The molecule has 0 bridgehead atoms. The van der Waals surface area contributed by atoms with Gasteiger partial charge in [0.2, 0.25) is 0 Å². The van der Waals surface area contributed by atoms with E-state index in [1.54, 1.807) is 12.1 Å². The predicted octanol–water partition coefficient (Wildman–Crippen LogP) is 3.91. The summed E-state index contributed by atoms with van der Waals surface area (Å²) in [5.41, 5.74) is 2.18. The number of halogens is 1. The third-order valence-corrected chi connectivity index (χ3v) is 5.60. The molecule has 3 aromatic carbocycles. The lowest BCUT2D eigenvalue weighted by atomic mass is 10.2. The van der Waals surface area contributed by atoms with Crippen molar-refractivity contribution in [2.24, 2.45) is 5.10 Å². The van der Waals surface area contributed by atoms with E-state index >= 15 is 0 Å². The minimum atomic E-state index is -4.12. The van der Waals surface area contributed by atoms with Gasteiger partial charge >= 0.3 is 0 Å². The lowest BCUT2D eigenvalue weighted by molar-refractivity contribution is -0.384. The summed E-state index contributed by atoms with van der Waals surface area (Å²) in [6.07, 6.45) is 1.14. The molecule has 0 spiro atoms. The second kappa shape index (κ2) is 8.90. The fourth-order valence-electron chi connectivity index (χ4n) is 2.51. The van der Waals surface area contributed by atoms with Gasteiger partial charge in [0.15, 0.2) is 11.5 Å². The largest absolute Gasteiger partial charge is 0.504 e. The van der Waals surface area contributed by atoms with E-state index in [4.69, 9.17) is 11.6 Å². The number of nitrogens with one attached hydrogen (secondary N) is 2. The number of para-hydroxylation sites is 1. The van der Waals surface area contributed by atoms with Crippen molar-refractivity contribution in [1.29, 1.82) is 0 Å². The number of rotatable bonds is 7. The Kier molecular flexibility index (Phi) is 6.28. The van der Waals surface area contributed by atoms with Gasteiger partial charge in [-0.15, -0.1) is 0 Å². The number of nitrogens with zero attached hydrogens (tertiary/aromatic N) is 2. The molecule has 0 heterocycles. The van der Waals surface area contributed by atoms with Crippen LogP contribution in [0, 0.1) is 10.1 Å². The highest BCUT2D eigenvalue weighted by Crippen LogP contribution is 2.30. The van der Waals surface area contributed by atoms with Gasteiger partial charge in [0.1, 0.15) is 5.69 Å². The maximum atomic E-state index is 12.6. The van der Waals surface area contributed by atoms with E-state index in [9.17, 15) is 28.7 Å². The van der Waals surface area contributed by atoms with Crippen LogP contribution in [0.2, 0.25) is 5.02 Å². The Bertz CT molecular complexity index is 1280. The number of hydrogen-bond acceptors (Lipinski definition) is 8. The first-order valence-corrected chi connectivity index (χ1v) is 10.4. The van der Waals surface area contributed by atoms with Crippen LogP contribution in [-0.4, -0.2) is 29.8 Å². The summed E-state index contributed by atoms with van der Waals surface area (Å²) in [5.74, 6) is -0.757. The van der Waals surface area contributed by atoms with Gasteiger partial charge < -0.3 is 10.2 Å². The van der Waals surface area contributed by atoms with Crippen LogP contribution in [0.15, 0.2) is 70.7 Å². The molecule has 3 rings (SSSR count). The first kappa shape index (κ1) is 21.9. The first-order chi connectivity index (χ1) is 14.7. The summed E-state index contributed by atoms with van der Waals surface area (Å²) in [4.78, 5) is 10.3. The van der Waals surface area contributed by atoms with Gasteiger partial charge in [-0.2, -0.15) is 5.10 Å². The van der Waals surface area contributed by atoms with Crippen molar-refractivity contribution in [3.63, 3.8) is 0 Å². The zero-order valence-corrected chi connectivity index (χ0v) is 17.1. The van der Waals surface area contributed by atoms with Crippen LogP contribution in [0.5, 0.6) is 11.5 Å². The van der Waals surface area contributed by atoms with E-state index in [1.807, 2.05) is 0 Å². The van der Waals surface area contributed by atoms with Crippen LogP contribution in [-0.2, 0) is 10.0 Å². The third-order valence-electron chi connectivity index (χ3n) is 3.99. The monoisotopic (exact) mass is 462 g/mol. The first-order valence-electron chi connectivity index (χ1n) is 8.54. The maximum Gasteiger partial charge on any atom is 0.295 e. The number of hydrogen-bond donors (Lipinski definition) is 4. The van der Waals surface area contributed by atoms with Crippen LogP contribution in [0.4, 0.5) is 17.1 Å². The van der Waals surface area contributed by atoms with Gasteiger partial charge in [0.25, 0.3) is 15.7 Å². The van der Waals surface area contributed by atoms with Gasteiger partial charge in [-0.25, -0.2) is 8.42 Å². The number of benzene rings is 3. The highest BCUT2D eigenvalue weighted by Gasteiger charge is 2.21. The molecule has 0 saturated carbocycles. The molecule has 0 aromatic heterocycles. The molecular formula is C19H15ClN4O6S. The number of nitro benzene ring substituents is 1. The summed E-state index contributed by atoms with van der Waals surface area (Å²) < 4.78 is 27.5. The van der Waals surface area contributed by atoms with Crippen LogP contribution < -0.4 is 10.1 Å². The maximum absolute atomic E-state index is 12.6. The Morgan fingerprint density at radius 1 is 1.06 bits per heavy atom. The number of aromatic hydroxyl groups is 2. The molecule has 0 radical (unpaired) electrons. The number of phenolic OH excluding ortho intramolecular Hbond substituents is 2. The fourth-order valence-corrected chi connectivity index (χ4v) is 3.77. The molecule has 0 aliphatic heterocycles. The topological polar surface area (TPSA) is 154 Å². The SMILES string of the molecule is O=[N+]([O-])c1cc(S(=O)(=O)Nc2cccc(Cl)c2)ccc1N/N=C/c1cccc(O)c1O. The quantitative estimate of drug-likeness (QED) is 0.179. The van der Waals surface area contributed by atoms with Crippen molar-refractivity contribution in [2.75, 3.05) is 10.1 Å². The standard InChI is InChI=1S/C19H15ClN4O6S/c20-13-4-2-5-14(9-13)23-31(29,30)15-7-8-16(17(10-15)24(27)28)22-21-11-12-3-1-6-18(25)19(12)26/h1-11,22-23,25-26H/b21-11+. The lowest BCUT2D eigenvalue weighted by Gasteiger charge is -2.09. The molecule has 0 aliphatic carbocycles. The normalized spacial score (nSPS) is 11.4. The van der Waals surface area contributed by atoms with Crippen LogP contribution in [0.1, 0.15) is 5.56 Å². The minimum Gasteiger partial charge on any atom is -0.504 e. The van der Waals surface area contributed by atoms with Gasteiger partial charge in [-0.05, 0) is 42.5 Å². The molecule has 31 heavy (non-hydrogen) atoms. The molecule has 4 N–H and O–H groups in total. The Balaban J connectivity index is 1.86. The second-order valence-electron chi connectivity index (χ2n) is 6.14. The van der Waals surface area contributed by atoms with E-state index in [0.29, 0.717) is 5.02 Å². The molecule has 0 atom stereocenters. The van der Waals surface area contributed by atoms with E-state index in [1.165, 1.54) is 42.5 Å². The van der Waals surface area contributed by atoms with Gasteiger partial charge in [-0.1, -0.05) is 23.7 Å². The average Bonchev–Trinajstić information content (AvgIpc) is 2.70. The van der Waals surface area contributed by atoms with E-state index in [-0.39, 0.29) is 27.6 Å². The smallest absolute Gasteiger partial charge is 0.295 e. The average molecular weight is 463 g/mol. The number of anilines is 2. The molecule has 0 amide bonds. The highest BCUT2D eigenvalue weighted by atomic mass is 35.5. The summed E-state index contributed by atoms with van der Waals surface area (Å²) in [7, 11) is -4.12. The van der Waals surface area contributed by atoms with Gasteiger partial charge in [-0.3, -0.25) is 20.3 Å². The Morgan fingerprint density at radius 2 is 1.81 bits per heavy atom. The molecule has 160 valence electrons. The molecule has 0 saturated heterocycles. The number of phenols is 2. The zero-order valence-electron chi connectivity index (χ0n) is 15.6. The number of nitro groups is 1. The third kappa shape index (κ3) is 5.21. The molecule has 10 nitrogen and oxygen atoms in total. The van der Waals surface area contributed by atoms with Crippen LogP contribution >= 0.6 is 11.6 Å². The summed E-state index contributed by atoms with van der Waals surface area (Å²) in [6, 6.07) is 13.5. The molecule has 0 unspecified atom stereocenters. The Morgan fingerprint density at radius 3 is 2.52 bits per heavy atom. The molecular weight excluding hydrogens is 448 g/mol. The van der Waals surface area contributed by atoms with E-state index < -0.39 is 26.4 Å². The summed E-state index contributed by atoms with van der Waals surface area (Å²) in [5, 5.41) is 34.8. The molecule has 0 fully saturated rings. The zero-order chi connectivity index (χ0) is 22.6. The van der Waals surface area contributed by atoms with Crippen molar-refractivity contribution in [1.82, 2.24) is 0 Å². The molecule has 3 aromatic rings. The van der Waals surface area contributed by atoms with Gasteiger partial charge in [0, 0.05) is 16.7 Å². The van der Waals surface area contributed by atoms with Crippen molar-refractivity contribution >= 4 is 44.9 Å². The number of sulfonamides is 1. The van der Waals surface area contributed by atoms with Crippen molar-refractivity contribution < 1.29 is 23.6 Å². The number of hydrazone groups is 1. The van der Waals surface area contributed by atoms with E-state index in [2.05, 4.69) is 15.2 Å². The Labute approximate surface area is 181 Å². The minimum absolute atomic E-state index is 0.0809. The molecule has 12 heteroatoms. The van der Waals surface area contributed by atoms with Crippen molar-refractivity contribution in [3.8, 4) is 11.5 Å². The molecule has 0 aliphatic rings. The Hall–Kier alpha value is -3.83. The van der Waals surface area contributed by atoms with Crippen LogP contribution in [0.3, 0.4) is 0 Å². The second-order valence-corrected chi connectivity index (χ2v) is 8.26. The fraction of sp³-hybridized carbons (Fsp3) is 0. The summed E-state index contributed by atoms with van der Waals surface area (Å²) >= 11 is 5.84.